The van der Waals surface area contributed by atoms with E-state index in [1.807, 2.05) is 43.0 Å². The van der Waals surface area contributed by atoms with E-state index in [2.05, 4.69) is 5.32 Å². The predicted molar refractivity (Wildman–Crippen MR) is 78.5 cm³/mol. The van der Waals surface area contributed by atoms with Gasteiger partial charge in [0.05, 0.1) is 0 Å². The van der Waals surface area contributed by atoms with Crippen molar-refractivity contribution in [2.75, 3.05) is 13.1 Å². The van der Waals surface area contributed by atoms with Gasteiger partial charge in [-0.25, -0.2) is 0 Å². The van der Waals surface area contributed by atoms with E-state index < -0.39 is 0 Å². The van der Waals surface area contributed by atoms with Gasteiger partial charge in [0, 0.05) is 31.1 Å². The van der Waals surface area contributed by atoms with Gasteiger partial charge in [0.2, 0.25) is 5.91 Å². The Kier molecular flexibility index (Phi) is 4.77. The number of hydrogen-bond donors (Lipinski definition) is 1. The first-order valence-corrected chi connectivity index (χ1v) is 7.25. The Labute approximate surface area is 120 Å². The van der Waals surface area contributed by atoms with Crippen LogP contribution in [-0.4, -0.2) is 35.8 Å². The van der Waals surface area contributed by atoms with Crippen molar-refractivity contribution in [3.05, 3.63) is 35.4 Å². The van der Waals surface area contributed by atoms with E-state index in [-0.39, 0.29) is 17.9 Å². The molecule has 0 bridgehead atoms. The van der Waals surface area contributed by atoms with Crippen LogP contribution in [0.25, 0.3) is 0 Å². The summed E-state index contributed by atoms with van der Waals surface area (Å²) < 4.78 is 0. The average Bonchev–Trinajstić information content (AvgIpc) is 2.48. The van der Waals surface area contributed by atoms with E-state index in [0.29, 0.717) is 19.5 Å². The van der Waals surface area contributed by atoms with Crippen molar-refractivity contribution in [2.24, 2.45) is 0 Å². The molecular formula is C16H22N2O2. The summed E-state index contributed by atoms with van der Waals surface area (Å²) >= 11 is 0. The number of carbonyl (C=O) groups is 2. The van der Waals surface area contributed by atoms with Gasteiger partial charge in [-0.1, -0.05) is 24.6 Å². The maximum Gasteiger partial charge on any atom is 0.253 e. The third-order valence-electron chi connectivity index (χ3n) is 3.77. The molecule has 1 aromatic carbocycles. The van der Waals surface area contributed by atoms with Gasteiger partial charge in [-0.3, -0.25) is 9.59 Å². The maximum absolute atomic E-state index is 12.3. The summed E-state index contributed by atoms with van der Waals surface area (Å²) in [5, 5.41) is 3.00. The molecule has 1 N–H and O–H groups in total. The maximum atomic E-state index is 12.3. The molecule has 1 saturated heterocycles. The number of nitrogens with zero attached hydrogens (tertiary/aromatic N) is 1. The topological polar surface area (TPSA) is 49.4 Å². The molecule has 1 heterocycles. The first-order valence-electron chi connectivity index (χ1n) is 7.25. The molecule has 0 aliphatic carbocycles. The zero-order valence-corrected chi connectivity index (χ0v) is 12.2. The first kappa shape index (κ1) is 14.6. The Morgan fingerprint density at radius 3 is 2.35 bits per heavy atom. The molecule has 4 nitrogen and oxygen atoms in total. The fraction of sp³-hybridized carbons (Fsp3) is 0.500. The summed E-state index contributed by atoms with van der Waals surface area (Å²) in [5.74, 6) is 0.179. The van der Waals surface area contributed by atoms with Crippen LogP contribution in [0.1, 0.15) is 42.1 Å². The monoisotopic (exact) mass is 274 g/mol. The zero-order valence-electron chi connectivity index (χ0n) is 12.2. The Morgan fingerprint density at radius 1 is 1.20 bits per heavy atom. The summed E-state index contributed by atoms with van der Waals surface area (Å²) in [7, 11) is 0. The lowest BCUT2D eigenvalue weighted by atomic mass is 10.0. The summed E-state index contributed by atoms with van der Waals surface area (Å²) in [6, 6.07) is 7.89. The van der Waals surface area contributed by atoms with Crippen molar-refractivity contribution >= 4 is 11.8 Å². The molecule has 108 valence electrons. The second-order valence-electron chi connectivity index (χ2n) is 5.35. The molecule has 2 rings (SSSR count). The number of piperidine rings is 1. The van der Waals surface area contributed by atoms with Crippen LogP contribution >= 0.6 is 0 Å². The highest BCUT2D eigenvalue weighted by atomic mass is 16.2. The second-order valence-corrected chi connectivity index (χ2v) is 5.35. The molecule has 0 unspecified atom stereocenters. The third kappa shape index (κ3) is 3.59. The number of aryl methyl sites for hydroxylation is 1. The predicted octanol–water partition coefficient (Wildman–Crippen LogP) is 2.13. The van der Waals surface area contributed by atoms with Gasteiger partial charge in [-0.15, -0.1) is 0 Å². The van der Waals surface area contributed by atoms with Gasteiger partial charge >= 0.3 is 0 Å². The summed E-state index contributed by atoms with van der Waals surface area (Å²) in [6.07, 6.45) is 2.19. The Bertz CT molecular complexity index is 474. The number of likely N-dealkylation sites (tertiary alicyclic amines) is 1. The van der Waals surface area contributed by atoms with Crippen molar-refractivity contribution < 1.29 is 9.59 Å². The van der Waals surface area contributed by atoms with Crippen molar-refractivity contribution in [1.29, 1.82) is 0 Å². The first-order chi connectivity index (χ1) is 9.60. The lowest BCUT2D eigenvalue weighted by Crippen LogP contribution is -2.46. The van der Waals surface area contributed by atoms with Gasteiger partial charge in [0.1, 0.15) is 0 Å². The number of hydrogen-bond acceptors (Lipinski definition) is 2. The minimum atomic E-state index is 0.0882. The van der Waals surface area contributed by atoms with Crippen molar-refractivity contribution in [3.8, 4) is 0 Å². The quantitative estimate of drug-likeness (QED) is 0.918. The van der Waals surface area contributed by atoms with Crippen LogP contribution < -0.4 is 5.32 Å². The van der Waals surface area contributed by atoms with Crippen LogP contribution in [0.4, 0.5) is 0 Å². The molecule has 0 spiro atoms. The van der Waals surface area contributed by atoms with Gasteiger partial charge in [0.25, 0.3) is 5.91 Å². The number of benzene rings is 1. The molecule has 4 heteroatoms. The second kappa shape index (κ2) is 6.55. The Balaban J connectivity index is 1.88. The van der Waals surface area contributed by atoms with Crippen LogP contribution in [-0.2, 0) is 4.79 Å². The Hall–Kier alpha value is -1.84. The largest absolute Gasteiger partial charge is 0.353 e. The lowest BCUT2D eigenvalue weighted by molar-refractivity contribution is -0.121. The number of carbonyl (C=O) groups excluding carboxylic acids is 2. The van der Waals surface area contributed by atoms with Crippen LogP contribution in [0.15, 0.2) is 24.3 Å². The number of amides is 2. The van der Waals surface area contributed by atoms with Crippen molar-refractivity contribution in [2.45, 2.75) is 39.2 Å². The number of nitrogens with one attached hydrogen (secondary N) is 1. The van der Waals surface area contributed by atoms with Gasteiger partial charge in [-0.2, -0.15) is 0 Å². The van der Waals surface area contributed by atoms with Gasteiger partial charge in [0.15, 0.2) is 0 Å². The minimum Gasteiger partial charge on any atom is -0.353 e. The zero-order chi connectivity index (χ0) is 14.5. The van der Waals surface area contributed by atoms with E-state index in [1.165, 1.54) is 0 Å². The molecule has 2 amide bonds. The standard InChI is InChI=1S/C16H22N2O2/c1-3-15(19)17-14-8-10-18(11-9-14)16(20)13-6-4-12(2)5-7-13/h4-7,14H,3,8-11H2,1-2H3,(H,17,19). The van der Waals surface area contributed by atoms with E-state index in [9.17, 15) is 9.59 Å². The SMILES string of the molecule is CCC(=O)NC1CCN(C(=O)c2ccc(C)cc2)CC1. The molecule has 0 radical (unpaired) electrons. The van der Waals surface area contributed by atoms with Crippen LogP contribution in [0.2, 0.25) is 0 Å². The molecule has 1 aromatic rings. The molecule has 1 aliphatic heterocycles. The van der Waals surface area contributed by atoms with Crippen molar-refractivity contribution in [3.63, 3.8) is 0 Å². The van der Waals surface area contributed by atoms with Crippen molar-refractivity contribution in [1.82, 2.24) is 10.2 Å². The highest BCUT2D eigenvalue weighted by Crippen LogP contribution is 2.14. The van der Waals surface area contributed by atoms with Gasteiger partial charge < -0.3 is 10.2 Å². The average molecular weight is 274 g/mol. The molecular weight excluding hydrogens is 252 g/mol. The molecule has 0 saturated carbocycles. The number of rotatable bonds is 3. The minimum absolute atomic E-state index is 0.0882. The molecule has 0 aromatic heterocycles. The summed E-state index contributed by atoms with van der Waals surface area (Å²) in [5.41, 5.74) is 1.90. The highest BCUT2D eigenvalue weighted by molar-refractivity contribution is 5.94. The van der Waals surface area contributed by atoms with Gasteiger partial charge in [-0.05, 0) is 31.9 Å². The van der Waals surface area contributed by atoms with E-state index in [1.54, 1.807) is 0 Å². The van der Waals surface area contributed by atoms with E-state index >= 15 is 0 Å². The molecule has 20 heavy (non-hydrogen) atoms. The van der Waals surface area contributed by atoms with Crippen LogP contribution in [0.5, 0.6) is 0 Å². The van der Waals surface area contributed by atoms with E-state index in [4.69, 9.17) is 0 Å². The fourth-order valence-electron chi connectivity index (χ4n) is 2.44. The normalized spacial score (nSPS) is 16.0. The van der Waals surface area contributed by atoms with Crippen LogP contribution in [0.3, 0.4) is 0 Å². The smallest absolute Gasteiger partial charge is 0.253 e. The molecule has 0 atom stereocenters. The van der Waals surface area contributed by atoms with E-state index in [0.717, 1.165) is 24.0 Å². The lowest BCUT2D eigenvalue weighted by Gasteiger charge is -2.32. The fourth-order valence-corrected chi connectivity index (χ4v) is 2.44. The molecule has 1 aliphatic rings. The summed E-state index contributed by atoms with van der Waals surface area (Å²) in [4.78, 5) is 25.6. The summed E-state index contributed by atoms with van der Waals surface area (Å²) in [6.45, 7) is 5.28. The Morgan fingerprint density at radius 2 is 1.80 bits per heavy atom. The molecule has 1 fully saturated rings. The highest BCUT2D eigenvalue weighted by Gasteiger charge is 2.24. The van der Waals surface area contributed by atoms with Crippen LogP contribution in [0, 0.1) is 6.92 Å². The third-order valence-corrected chi connectivity index (χ3v) is 3.77.